The molecule has 0 spiro atoms. The van der Waals surface area contributed by atoms with Gasteiger partial charge in [0.05, 0.1) is 6.04 Å². The van der Waals surface area contributed by atoms with E-state index in [-0.39, 0.29) is 17.5 Å². The topological polar surface area (TPSA) is 41.1 Å². The molecule has 114 valence electrons. The average molecular weight is 302 g/mol. The van der Waals surface area contributed by atoms with Crippen molar-refractivity contribution in [3.8, 4) is 0 Å². The second-order valence-corrected chi connectivity index (χ2v) is 5.32. The Morgan fingerprint density at radius 1 is 1.14 bits per heavy atom. The fourth-order valence-electron chi connectivity index (χ4n) is 2.62. The molecule has 1 aliphatic rings. The molecule has 22 heavy (non-hydrogen) atoms. The van der Waals surface area contributed by atoms with Crippen LogP contribution in [0.3, 0.4) is 0 Å². The van der Waals surface area contributed by atoms with Crippen molar-refractivity contribution >= 4 is 11.6 Å². The van der Waals surface area contributed by atoms with Crippen LogP contribution in [0.25, 0.3) is 0 Å². The van der Waals surface area contributed by atoms with E-state index in [1.54, 1.807) is 6.07 Å². The minimum Gasteiger partial charge on any atom is -0.325 e. The zero-order valence-corrected chi connectivity index (χ0v) is 11.9. The van der Waals surface area contributed by atoms with Gasteiger partial charge in [0.1, 0.15) is 0 Å². The Bertz CT molecular complexity index is 688. The highest BCUT2D eigenvalue weighted by Crippen LogP contribution is 2.22. The first-order chi connectivity index (χ1) is 10.6. The number of rotatable bonds is 3. The number of benzene rings is 2. The Labute approximate surface area is 127 Å². The molecule has 1 heterocycles. The monoisotopic (exact) mass is 302 g/mol. The first-order valence-corrected chi connectivity index (χ1v) is 7.12. The van der Waals surface area contributed by atoms with Crippen LogP contribution in [0.1, 0.15) is 23.1 Å². The summed E-state index contributed by atoms with van der Waals surface area (Å²) in [5.41, 5.74) is 2.62. The SMILES string of the molecule is O=C(Nc1cccc(C(F)F)c1)C1Cc2ccccc2CN1. The van der Waals surface area contributed by atoms with Crippen molar-refractivity contribution in [2.75, 3.05) is 5.32 Å². The Morgan fingerprint density at radius 3 is 2.68 bits per heavy atom. The number of hydrogen-bond donors (Lipinski definition) is 2. The van der Waals surface area contributed by atoms with E-state index < -0.39 is 6.43 Å². The van der Waals surface area contributed by atoms with E-state index in [1.807, 2.05) is 24.3 Å². The van der Waals surface area contributed by atoms with E-state index >= 15 is 0 Å². The zero-order valence-electron chi connectivity index (χ0n) is 11.9. The summed E-state index contributed by atoms with van der Waals surface area (Å²) in [6, 6.07) is 13.4. The molecule has 1 amide bonds. The largest absolute Gasteiger partial charge is 0.325 e. The van der Waals surface area contributed by atoms with E-state index in [2.05, 4.69) is 10.6 Å². The second kappa shape index (κ2) is 6.23. The number of alkyl halides is 2. The third kappa shape index (κ3) is 3.14. The molecular weight excluding hydrogens is 286 g/mol. The Kier molecular flexibility index (Phi) is 4.15. The summed E-state index contributed by atoms with van der Waals surface area (Å²) in [7, 11) is 0. The second-order valence-electron chi connectivity index (χ2n) is 5.32. The van der Waals surface area contributed by atoms with Crippen molar-refractivity contribution in [2.24, 2.45) is 0 Å². The lowest BCUT2D eigenvalue weighted by Gasteiger charge is -2.25. The molecule has 0 aliphatic carbocycles. The molecule has 1 atom stereocenters. The molecule has 0 radical (unpaired) electrons. The van der Waals surface area contributed by atoms with Crippen LogP contribution < -0.4 is 10.6 Å². The maximum atomic E-state index is 12.7. The maximum absolute atomic E-state index is 12.7. The highest BCUT2D eigenvalue weighted by Gasteiger charge is 2.24. The van der Waals surface area contributed by atoms with Gasteiger partial charge in [-0.15, -0.1) is 0 Å². The van der Waals surface area contributed by atoms with Crippen molar-refractivity contribution in [1.29, 1.82) is 0 Å². The van der Waals surface area contributed by atoms with Gasteiger partial charge in [0, 0.05) is 17.8 Å². The lowest BCUT2D eigenvalue weighted by molar-refractivity contribution is -0.118. The molecule has 1 aliphatic heterocycles. The minimum atomic E-state index is -2.54. The van der Waals surface area contributed by atoms with Crippen molar-refractivity contribution in [1.82, 2.24) is 5.32 Å². The number of carbonyl (C=O) groups is 1. The van der Waals surface area contributed by atoms with E-state index in [0.29, 0.717) is 18.7 Å². The fraction of sp³-hybridized carbons (Fsp3) is 0.235. The van der Waals surface area contributed by atoms with E-state index in [9.17, 15) is 13.6 Å². The lowest BCUT2D eigenvalue weighted by atomic mass is 9.95. The van der Waals surface area contributed by atoms with Crippen LogP contribution in [0, 0.1) is 0 Å². The molecule has 0 bridgehead atoms. The Hall–Kier alpha value is -2.27. The summed E-state index contributed by atoms with van der Waals surface area (Å²) in [6.45, 7) is 0.630. The van der Waals surface area contributed by atoms with E-state index in [0.717, 1.165) is 5.56 Å². The van der Waals surface area contributed by atoms with Crippen LogP contribution in [0.5, 0.6) is 0 Å². The van der Waals surface area contributed by atoms with Gasteiger partial charge in [-0.3, -0.25) is 4.79 Å². The number of halogens is 2. The van der Waals surface area contributed by atoms with Crippen molar-refractivity contribution in [3.63, 3.8) is 0 Å². The van der Waals surface area contributed by atoms with Gasteiger partial charge in [-0.25, -0.2) is 8.78 Å². The van der Waals surface area contributed by atoms with Crippen molar-refractivity contribution < 1.29 is 13.6 Å². The van der Waals surface area contributed by atoms with Gasteiger partial charge in [0.15, 0.2) is 0 Å². The maximum Gasteiger partial charge on any atom is 0.263 e. The van der Waals surface area contributed by atoms with Crippen LogP contribution in [0.4, 0.5) is 14.5 Å². The normalized spacial score (nSPS) is 17.1. The molecule has 0 fully saturated rings. The van der Waals surface area contributed by atoms with Gasteiger partial charge in [-0.2, -0.15) is 0 Å². The van der Waals surface area contributed by atoms with E-state index in [1.165, 1.54) is 23.8 Å². The molecule has 2 aromatic carbocycles. The van der Waals surface area contributed by atoms with Gasteiger partial charge in [-0.05, 0) is 29.7 Å². The molecule has 3 rings (SSSR count). The van der Waals surface area contributed by atoms with Gasteiger partial charge >= 0.3 is 0 Å². The summed E-state index contributed by atoms with van der Waals surface area (Å²) < 4.78 is 25.4. The summed E-state index contributed by atoms with van der Waals surface area (Å²) >= 11 is 0. The molecule has 2 aromatic rings. The standard InChI is InChI=1S/C17H16F2N2O/c18-16(19)12-6-3-7-14(8-12)21-17(22)15-9-11-4-1-2-5-13(11)10-20-15/h1-8,15-16,20H,9-10H2,(H,21,22). The third-order valence-electron chi connectivity index (χ3n) is 3.80. The minimum absolute atomic E-state index is 0.0975. The van der Waals surface area contributed by atoms with Crippen LogP contribution in [0.2, 0.25) is 0 Å². The average Bonchev–Trinajstić information content (AvgIpc) is 2.54. The Balaban J connectivity index is 1.69. The van der Waals surface area contributed by atoms with Crippen molar-refractivity contribution in [2.45, 2.75) is 25.4 Å². The first-order valence-electron chi connectivity index (χ1n) is 7.12. The first kappa shape index (κ1) is 14.7. The van der Waals surface area contributed by atoms with Gasteiger partial charge in [0.2, 0.25) is 5.91 Å². The predicted octanol–water partition coefficient (Wildman–Crippen LogP) is 3.28. The molecule has 0 saturated carbocycles. The smallest absolute Gasteiger partial charge is 0.263 e. The Morgan fingerprint density at radius 2 is 1.91 bits per heavy atom. The van der Waals surface area contributed by atoms with Crippen LogP contribution in [0.15, 0.2) is 48.5 Å². The summed E-state index contributed by atoms with van der Waals surface area (Å²) in [4.78, 5) is 12.3. The number of carbonyl (C=O) groups excluding carboxylic acids is 1. The molecule has 3 nitrogen and oxygen atoms in total. The quantitative estimate of drug-likeness (QED) is 0.913. The molecule has 0 aromatic heterocycles. The number of anilines is 1. The fourth-order valence-corrected chi connectivity index (χ4v) is 2.62. The number of hydrogen-bond acceptors (Lipinski definition) is 2. The van der Waals surface area contributed by atoms with Gasteiger partial charge in [-0.1, -0.05) is 36.4 Å². The summed E-state index contributed by atoms with van der Waals surface area (Å²) in [5, 5.41) is 5.88. The number of fused-ring (bicyclic) bond motifs is 1. The van der Waals surface area contributed by atoms with Crippen LogP contribution in [-0.4, -0.2) is 11.9 Å². The van der Waals surface area contributed by atoms with E-state index in [4.69, 9.17) is 0 Å². The molecule has 5 heteroatoms. The summed E-state index contributed by atoms with van der Waals surface area (Å²) in [6.07, 6.45) is -1.95. The highest BCUT2D eigenvalue weighted by molar-refractivity contribution is 5.95. The van der Waals surface area contributed by atoms with Crippen LogP contribution >= 0.6 is 0 Å². The molecule has 1 unspecified atom stereocenters. The zero-order chi connectivity index (χ0) is 15.5. The number of nitrogens with one attached hydrogen (secondary N) is 2. The predicted molar refractivity (Wildman–Crippen MR) is 80.8 cm³/mol. The summed E-state index contributed by atoms with van der Waals surface area (Å²) in [5.74, 6) is -0.207. The van der Waals surface area contributed by atoms with Crippen molar-refractivity contribution in [3.05, 3.63) is 65.2 Å². The molecule has 2 N–H and O–H groups in total. The lowest BCUT2D eigenvalue weighted by Crippen LogP contribution is -2.44. The van der Waals surface area contributed by atoms with Crippen LogP contribution in [-0.2, 0) is 17.8 Å². The molecule has 0 saturated heterocycles. The number of amides is 1. The third-order valence-corrected chi connectivity index (χ3v) is 3.80. The highest BCUT2D eigenvalue weighted by atomic mass is 19.3. The van der Waals surface area contributed by atoms with Gasteiger partial charge < -0.3 is 10.6 Å². The molecular formula is C17H16F2N2O. The van der Waals surface area contributed by atoms with Gasteiger partial charge in [0.25, 0.3) is 6.43 Å².